The highest BCUT2D eigenvalue weighted by Gasteiger charge is 2.15. The number of hydrogen-bond donors (Lipinski definition) is 0. The predicted octanol–water partition coefficient (Wildman–Crippen LogP) is 9.04. The van der Waals surface area contributed by atoms with E-state index in [2.05, 4.69) is 94.9 Å². The summed E-state index contributed by atoms with van der Waals surface area (Å²) in [7, 11) is 0. The molecule has 0 aliphatic rings. The van der Waals surface area contributed by atoms with Crippen molar-refractivity contribution in [2.45, 2.75) is 0 Å². The number of pyridine rings is 2. The van der Waals surface area contributed by atoms with E-state index in [4.69, 9.17) is 4.42 Å². The summed E-state index contributed by atoms with van der Waals surface area (Å²) in [6.07, 6.45) is 3.64. The molecule has 0 unspecified atom stereocenters. The third kappa shape index (κ3) is 3.78. The predicted molar refractivity (Wildman–Crippen MR) is 151 cm³/mol. The minimum absolute atomic E-state index is 0.903. The van der Waals surface area contributed by atoms with Crippen LogP contribution in [0.3, 0.4) is 0 Å². The van der Waals surface area contributed by atoms with Gasteiger partial charge in [0, 0.05) is 45.4 Å². The lowest BCUT2D eigenvalue weighted by Crippen LogP contribution is -1.83. The molecule has 0 aliphatic heterocycles. The first-order chi connectivity index (χ1) is 18.3. The lowest BCUT2D eigenvalue weighted by molar-refractivity contribution is 0.671. The number of aromatic nitrogens is 2. The highest BCUT2D eigenvalue weighted by molar-refractivity contribution is 6.13. The van der Waals surface area contributed by atoms with Crippen molar-refractivity contribution in [1.82, 2.24) is 9.97 Å². The van der Waals surface area contributed by atoms with Crippen molar-refractivity contribution in [3.8, 4) is 44.8 Å². The molecule has 174 valence electrons. The molecule has 3 aromatic heterocycles. The van der Waals surface area contributed by atoms with Crippen LogP contribution in [-0.2, 0) is 0 Å². The van der Waals surface area contributed by atoms with Gasteiger partial charge in [0.2, 0.25) is 0 Å². The number of para-hydroxylation sites is 2. The van der Waals surface area contributed by atoms with Crippen molar-refractivity contribution < 1.29 is 4.42 Å². The zero-order valence-corrected chi connectivity index (χ0v) is 20.0. The quantitative estimate of drug-likeness (QED) is 0.255. The maximum Gasteiger partial charge on any atom is 0.143 e. The Hall–Kier alpha value is -5.02. The van der Waals surface area contributed by atoms with Crippen LogP contribution >= 0.6 is 0 Å². The van der Waals surface area contributed by atoms with E-state index in [-0.39, 0.29) is 0 Å². The molecule has 3 heteroatoms. The van der Waals surface area contributed by atoms with E-state index >= 15 is 0 Å². The van der Waals surface area contributed by atoms with Gasteiger partial charge in [0.15, 0.2) is 0 Å². The average molecular weight is 475 g/mol. The molecule has 0 spiro atoms. The van der Waals surface area contributed by atoms with Crippen LogP contribution in [0.2, 0.25) is 0 Å². The van der Waals surface area contributed by atoms with Crippen molar-refractivity contribution in [3.05, 3.63) is 134 Å². The van der Waals surface area contributed by atoms with Crippen molar-refractivity contribution in [2.75, 3.05) is 0 Å². The van der Waals surface area contributed by atoms with Gasteiger partial charge in [0.05, 0.1) is 11.4 Å². The second-order valence-corrected chi connectivity index (χ2v) is 9.05. The van der Waals surface area contributed by atoms with Crippen molar-refractivity contribution in [1.29, 1.82) is 0 Å². The fourth-order valence-corrected chi connectivity index (χ4v) is 4.98. The van der Waals surface area contributed by atoms with Gasteiger partial charge >= 0.3 is 0 Å². The molecule has 3 heterocycles. The van der Waals surface area contributed by atoms with E-state index in [1.165, 1.54) is 0 Å². The molecule has 0 amide bonds. The van der Waals surface area contributed by atoms with Crippen LogP contribution in [0, 0.1) is 0 Å². The molecule has 0 N–H and O–H groups in total. The molecular formula is C34H22N2O. The van der Waals surface area contributed by atoms with Gasteiger partial charge in [-0.3, -0.25) is 9.97 Å². The molecule has 37 heavy (non-hydrogen) atoms. The van der Waals surface area contributed by atoms with Gasteiger partial charge in [0.1, 0.15) is 11.2 Å². The number of hydrogen-bond acceptors (Lipinski definition) is 3. The normalized spacial score (nSPS) is 11.2. The Balaban J connectivity index is 1.32. The van der Waals surface area contributed by atoms with Gasteiger partial charge in [-0.05, 0) is 35.4 Å². The average Bonchev–Trinajstić information content (AvgIpc) is 3.38. The topological polar surface area (TPSA) is 38.9 Å². The Bertz CT molecular complexity index is 1700. The molecule has 0 aliphatic carbocycles. The Labute approximate surface area is 214 Å². The highest BCUT2D eigenvalue weighted by atomic mass is 16.3. The maximum absolute atomic E-state index is 6.63. The summed E-state index contributed by atoms with van der Waals surface area (Å²) in [6.45, 7) is 0. The smallest absolute Gasteiger partial charge is 0.143 e. The molecule has 0 radical (unpaired) electrons. The molecular weight excluding hydrogens is 452 g/mol. The zero-order valence-electron chi connectivity index (χ0n) is 20.0. The number of fused-ring (bicyclic) bond motifs is 3. The Morgan fingerprint density at radius 1 is 0.378 bits per heavy atom. The first kappa shape index (κ1) is 21.3. The molecule has 7 rings (SSSR count). The molecule has 3 nitrogen and oxygen atoms in total. The Kier molecular flexibility index (Phi) is 5.11. The first-order valence-corrected chi connectivity index (χ1v) is 12.3. The second-order valence-electron chi connectivity index (χ2n) is 9.05. The van der Waals surface area contributed by atoms with Crippen LogP contribution in [0.25, 0.3) is 66.7 Å². The molecule has 0 saturated heterocycles. The fourth-order valence-electron chi connectivity index (χ4n) is 4.98. The van der Waals surface area contributed by atoms with Crippen molar-refractivity contribution in [3.63, 3.8) is 0 Å². The summed E-state index contributed by atoms with van der Waals surface area (Å²) in [5, 5.41) is 2.24. The van der Waals surface area contributed by atoms with E-state index in [9.17, 15) is 0 Å². The molecule has 0 fully saturated rings. The third-order valence-electron chi connectivity index (χ3n) is 6.84. The molecule has 7 aromatic rings. The van der Waals surface area contributed by atoms with Crippen LogP contribution in [0.4, 0.5) is 0 Å². The number of rotatable bonds is 4. The molecule has 0 bridgehead atoms. The molecule has 4 aromatic carbocycles. The van der Waals surface area contributed by atoms with Crippen molar-refractivity contribution in [2.24, 2.45) is 0 Å². The minimum atomic E-state index is 0.903. The Morgan fingerprint density at radius 2 is 0.811 bits per heavy atom. The van der Waals surface area contributed by atoms with Gasteiger partial charge in [-0.1, -0.05) is 97.1 Å². The van der Waals surface area contributed by atoms with Gasteiger partial charge < -0.3 is 4.42 Å². The summed E-state index contributed by atoms with van der Waals surface area (Å²) in [6, 6.07) is 41.7. The number of nitrogens with zero attached hydrogens (tertiary/aromatic N) is 2. The molecule has 0 atom stereocenters. The van der Waals surface area contributed by atoms with E-state index < -0.39 is 0 Å². The van der Waals surface area contributed by atoms with E-state index in [1.807, 2.05) is 48.8 Å². The summed E-state index contributed by atoms with van der Waals surface area (Å²) in [5.74, 6) is 0. The Morgan fingerprint density at radius 3 is 1.22 bits per heavy atom. The van der Waals surface area contributed by atoms with Gasteiger partial charge in [0.25, 0.3) is 0 Å². The summed E-state index contributed by atoms with van der Waals surface area (Å²) in [5.41, 5.74) is 10.3. The van der Waals surface area contributed by atoms with E-state index in [1.54, 1.807) is 0 Å². The summed E-state index contributed by atoms with van der Waals surface area (Å²) < 4.78 is 6.63. The van der Waals surface area contributed by atoms with E-state index in [0.29, 0.717) is 0 Å². The monoisotopic (exact) mass is 474 g/mol. The third-order valence-corrected chi connectivity index (χ3v) is 6.84. The highest BCUT2D eigenvalue weighted by Crippen LogP contribution is 2.40. The lowest BCUT2D eigenvalue weighted by Gasteiger charge is -2.05. The summed E-state index contributed by atoms with van der Waals surface area (Å²) in [4.78, 5) is 8.94. The van der Waals surface area contributed by atoms with Gasteiger partial charge in [-0.25, -0.2) is 0 Å². The maximum atomic E-state index is 6.63. The van der Waals surface area contributed by atoms with Crippen LogP contribution < -0.4 is 0 Å². The van der Waals surface area contributed by atoms with Crippen LogP contribution in [-0.4, -0.2) is 9.97 Å². The minimum Gasteiger partial charge on any atom is -0.455 e. The van der Waals surface area contributed by atoms with Crippen molar-refractivity contribution >= 4 is 21.9 Å². The van der Waals surface area contributed by atoms with Crippen LogP contribution in [0.1, 0.15) is 0 Å². The zero-order chi connectivity index (χ0) is 24.6. The standard InChI is InChI=1S/C34H22N2O/c1-3-21-35-31(11-1)25-17-13-23(14-18-25)27-7-5-9-29-30-10-6-8-28(34(30)37-33(27)29)24-15-19-26(20-16-24)32-12-2-4-22-36-32/h1-22H. The lowest BCUT2D eigenvalue weighted by atomic mass is 9.98. The molecule has 0 saturated carbocycles. The fraction of sp³-hybridized carbons (Fsp3) is 0. The SMILES string of the molecule is c1ccc(-c2ccc(-c3cccc4c3oc3c(-c5ccc(-c6ccccn6)cc5)cccc34)cc2)nc1. The van der Waals surface area contributed by atoms with Crippen LogP contribution in [0.5, 0.6) is 0 Å². The first-order valence-electron chi connectivity index (χ1n) is 12.3. The van der Waals surface area contributed by atoms with Gasteiger partial charge in [-0.15, -0.1) is 0 Å². The largest absolute Gasteiger partial charge is 0.455 e. The van der Waals surface area contributed by atoms with Gasteiger partial charge in [-0.2, -0.15) is 0 Å². The number of benzene rings is 4. The second kappa shape index (κ2) is 8.89. The van der Waals surface area contributed by atoms with E-state index in [0.717, 1.165) is 66.7 Å². The number of furan rings is 1. The van der Waals surface area contributed by atoms with Crippen LogP contribution in [0.15, 0.2) is 138 Å². The summed E-state index contributed by atoms with van der Waals surface area (Å²) >= 11 is 0.